The van der Waals surface area contributed by atoms with Crippen molar-refractivity contribution in [3.05, 3.63) is 17.8 Å². The van der Waals surface area contributed by atoms with Crippen molar-refractivity contribution >= 4 is 22.8 Å². The maximum absolute atomic E-state index is 9.71. The zero-order valence-electron chi connectivity index (χ0n) is 9.27. The molecule has 1 fully saturated rings. The van der Waals surface area contributed by atoms with Gasteiger partial charge in [-0.25, -0.2) is 15.0 Å². The van der Waals surface area contributed by atoms with Crippen LogP contribution in [-0.2, 0) is 4.74 Å². The normalized spacial score (nSPS) is 28.1. The number of hydrogen-bond acceptors (Lipinski definition) is 6. The van der Waals surface area contributed by atoms with Crippen molar-refractivity contribution in [2.75, 3.05) is 6.61 Å². The molecule has 0 spiro atoms. The SMILES string of the molecule is OC[C@H]1OC(n2cnc3c(Cl)ncnc32)C[C@@H]1O. The third kappa shape index (κ3) is 1.76. The molecule has 3 rings (SSSR count). The molecule has 0 radical (unpaired) electrons. The summed E-state index contributed by atoms with van der Waals surface area (Å²) in [6.45, 7) is -0.222. The minimum atomic E-state index is -0.699. The molecule has 2 N–H and O–H groups in total. The Balaban J connectivity index is 1.99. The van der Waals surface area contributed by atoms with Crippen LogP contribution in [0.2, 0.25) is 5.15 Å². The van der Waals surface area contributed by atoms with E-state index in [2.05, 4.69) is 15.0 Å². The molecular weight excluding hydrogens is 260 g/mol. The summed E-state index contributed by atoms with van der Waals surface area (Å²) in [4.78, 5) is 12.1. The van der Waals surface area contributed by atoms with Crippen LogP contribution in [0.3, 0.4) is 0 Å². The quantitative estimate of drug-likeness (QED) is 0.753. The van der Waals surface area contributed by atoms with Crippen LogP contribution in [0.5, 0.6) is 0 Å². The first-order valence-electron chi connectivity index (χ1n) is 5.48. The van der Waals surface area contributed by atoms with Crippen LogP contribution in [0.1, 0.15) is 12.6 Å². The van der Waals surface area contributed by atoms with E-state index in [0.29, 0.717) is 17.6 Å². The van der Waals surface area contributed by atoms with Gasteiger partial charge in [0.05, 0.1) is 19.0 Å². The summed E-state index contributed by atoms with van der Waals surface area (Å²) in [5.41, 5.74) is 1.04. The number of aliphatic hydroxyl groups is 2. The predicted molar refractivity (Wildman–Crippen MR) is 62.0 cm³/mol. The molecule has 0 aliphatic carbocycles. The van der Waals surface area contributed by atoms with Crippen LogP contribution in [0.25, 0.3) is 11.2 Å². The highest BCUT2D eigenvalue weighted by Gasteiger charge is 2.35. The lowest BCUT2D eigenvalue weighted by Gasteiger charge is -2.13. The van der Waals surface area contributed by atoms with Gasteiger partial charge >= 0.3 is 0 Å². The second-order valence-corrected chi connectivity index (χ2v) is 4.46. The molecule has 2 aromatic heterocycles. The van der Waals surface area contributed by atoms with Crippen molar-refractivity contribution in [3.63, 3.8) is 0 Å². The minimum absolute atomic E-state index is 0.222. The summed E-state index contributed by atoms with van der Waals surface area (Å²) in [5.74, 6) is 0. The van der Waals surface area contributed by atoms with Crippen molar-refractivity contribution < 1.29 is 14.9 Å². The van der Waals surface area contributed by atoms with Gasteiger partial charge in [0, 0.05) is 6.42 Å². The Labute approximate surface area is 107 Å². The van der Waals surface area contributed by atoms with Gasteiger partial charge in [0.1, 0.15) is 24.2 Å². The Morgan fingerprint density at radius 1 is 1.44 bits per heavy atom. The predicted octanol–water partition coefficient (Wildman–Crippen LogP) is 0.120. The first kappa shape index (κ1) is 11.8. The number of aromatic nitrogens is 4. The topological polar surface area (TPSA) is 93.3 Å². The van der Waals surface area contributed by atoms with Crippen molar-refractivity contribution in [2.45, 2.75) is 24.9 Å². The largest absolute Gasteiger partial charge is 0.394 e. The molecule has 3 heterocycles. The summed E-state index contributed by atoms with van der Waals surface area (Å²) in [5, 5.41) is 19.0. The van der Waals surface area contributed by atoms with Gasteiger partial charge in [0.2, 0.25) is 0 Å². The van der Waals surface area contributed by atoms with E-state index in [1.165, 1.54) is 6.33 Å². The first-order chi connectivity index (χ1) is 8.70. The number of aliphatic hydroxyl groups excluding tert-OH is 2. The third-order valence-corrected chi connectivity index (χ3v) is 3.29. The number of halogens is 1. The van der Waals surface area contributed by atoms with E-state index in [0.717, 1.165) is 0 Å². The standard InChI is InChI=1S/C10H11ClN4O3/c11-9-8-10(13-3-12-9)15(4-14-8)7-1-5(17)6(2-16)18-7/h3-7,16-17H,1-2H2/t5-,6+,7?/m0/s1. The van der Waals surface area contributed by atoms with Crippen LogP contribution in [0.4, 0.5) is 0 Å². The van der Waals surface area contributed by atoms with Gasteiger partial charge in [-0.2, -0.15) is 0 Å². The van der Waals surface area contributed by atoms with Crippen molar-refractivity contribution in [3.8, 4) is 0 Å². The van der Waals surface area contributed by atoms with E-state index in [1.807, 2.05) is 0 Å². The lowest BCUT2D eigenvalue weighted by Crippen LogP contribution is -2.24. The highest BCUT2D eigenvalue weighted by atomic mass is 35.5. The Kier molecular flexibility index (Phi) is 2.90. The molecule has 18 heavy (non-hydrogen) atoms. The minimum Gasteiger partial charge on any atom is -0.394 e. The molecule has 1 aliphatic heterocycles. The van der Waals surface area contributed by atoms with Gasteiger partial charge in [-0.3, -0.25) is 4.57 Å². The number of hydrogen-bond donors (Lipinski definition) is 2. The lowest BCUT2D eigenvalue weighted by atomic mass is 10.2. The molecule has 1 saturated heterocycles. The zero-order chi connectivity index (χ0) is 12.7. The van der Waals surface area contributed by atoms with E-state index in [4.69, 9.17) is 21.4 Å². The molecule has 1 unspecified atom stereocenters. The number of ether oxygens (including phenoxy) is 1. The Bertz CT molecular complexity index is 575. The second-order valence-electron chi connectivity index (χ2n) is 4.10. The van der Waals surface area contributed by atoms with E-state index in [9.17, 15) is 5.11 Å². The van der Waals surface area contributed by atoms with Gasteiger partial charge in [0.15, 0.2) is 10.8 Å². The molecule has 0 bridgehead atoms. The summed E-state index contributed by atoms with van der Waals surface area (Å²) in [7, 11) is 0. The second kappa shape index (κ2) is 4.43. The molecule has 7 nitrogen and oxygen atoms in total. The van der Waals surface area contributed by atoms with Gasteiger partial charge < -0.3 is 14.9 Å². The third-order valence-electron chi connectivity index (χ3n) is 3.01. The van der Waals surface area contributed by atoms with Gasteiger partial charge in [-0.1, -0.05) is 11.6 Å². The molecule has 3 atom stereocenters. The molecular formula is C10H11ClN4O3. The number of rotatable bonds is 2. The average Bonchev–Trinajstić information content (AvgIpc) is 2.93. The fourth-order valence-electron chi connectivity index (χ4n) is 2.08. The maximum atomic E-state index is 9.71. The molecule has 0 saturated carbocycles. The lowest BCUT2D eigenvalue weighted by molar-refractivity contribution is -0.0432. The summed E-state index contributed by atoms with van der Waals surface area (Å²) >= 11 is 5.90. The summed E-state index contributed by atoms with van der Waals surface area (Å²) < 4.78 is 7.22. The van der Waals surface area contributed by atoms with Crippen molar-refractivity contribution in [1.29, 1.82) is 0 Å². The zero-order valence-corrected chi connectivity index (χ0v) is 10.0. The number of imidazole rings is 1. The summed E-state index contributed by atoms with van der Waals surface area (Å²) in [6, 6.07) is 0. The molecule has 2 aromatic rings. The maximum Gasteiger partial charge on any atom is 0.166 e. The highest BCUT2D eigenvalue weighted by molar-refractivity contribution is 6.33. The monoisotopic (exact) mass is 270 g/mol. The number of fused-ring (bicyclic) bond motifs is 1. The Morgan fingerprint density at radius 2 is 2.28 bits per heavy atom. The van der Waals surface area contributed by atoms with Crippen molar-refractivity contribution in [1.82, 2.24) is 19.5 Å². The van der Waals surface area contributed by atoms with E-state index < -0.39 is 18.4 Å². The van der Waals surface area contributed by atoms with Gasteiger partial charge in [-0.05, 0) is 0 Å². The van der Waals surface area contributed by atoms with E-state index in [-0.39, 0.29) is 11.8 Å². The van der Waals surface area contributed by atoms with Crippen LogP contribution >= 0.6 is 11.6 Å². The molecule has 1 aliphatic rings. The van der Waals surface area contributed by atoms with Crippen LogP contribution in [0, 0.1) is 0 Å². The Morgan fingerprint density at radius 3 is 3.00 bits per heavy atom. The van der Waals surface area contributed by atoms with Crippen molar-refractivity contribution in [2.24, 2.45) is 0 Å². The van der Waals surface area contributed by atoms with Crippen LogP contribution < -0.4 is 0 Å². The number of nitrogens with zero attached hydrogens (tertiary/aromatic N) is 4. The van der Waals surface area contributed by atoms with Gasteiger partial charge in [-0.15, -0.1) is 0 Å². The molecule has 8 heteroatoms. The highest BCUT2D eigenvalue weighted by Crippen LogP contribution is 2.31. The van der Waals surface area contributed by atoms with E-state index in [1.54, 1.807) is 10.9 Å². The summed E-state index contributed by atoms with van der Waals surface area (Å²) in [6.07, 6.45) is 1.57. The van der Waals surface area contributed by atoms with Crippen LogP contribution in [0.15, 0.2) is 12.7 Å². The first-order valence-corrected chi connectivity index (χ1v) is 5.86. The van der Waals surface area contributed by atoms with Gasteiger partial charge in [0.25, 0.3) is 0 Å². The van der Waals surface area contributed by atoms with Crippen LogP contribution in [-0.4, -0.2) is 48.5 Å². The Hall–Kier alpha value is -1.28. The molecule has 0 amide bonds. The fraction of sp³-hybridized carbons (Fsp3) is 0.500. The molecule has 0 aromatic carbocycles. The van der Waals surface area contributed by atoms with E-state index >= 15 is 0 Å². The molecule has 96 valence electrons. The fourth-order valence-corrected chi connectivity index (χ4v) is 2.26. The average molecular weight is 271 g/mol. The smallest absolute Gasteiger partial charge is 0.166 e.